The number of hydrogen-bond acceptors (Lipinski definition) is 4. The lowest BCUT2D eigenvalue weighted by Gasteiger charge is -2.20. The van der Waals surface area contributed by atoms with Gasteiger partial charge in [0.25, 0.3) is 0 Å². The average molecular weight is 257 g/mol. The van der Waals surface area contributed by atoms with Crippen LogP contribution in [0.1, 0.15) is 15.7 Å². The maximum Gasteiger partial charge on any atom is 0.322 e. The number of rotatable bonds is 3. The predicted octanol–water partition coefficient (Wildman–Crippen LogP) is 1.28. The molecule has 6 heteroatoms. The van der Waals surface area contributed by atoms with E-state index in [4.69, 9.17) is 5.11 Å². The van der Waals surface area contributed by atoms with Gasteiger partial charge in [-0.05, 0) is 29.2 Å². The van der Waals surface area contributed by atoms with E-state index < -0.39 is 5.97 Å². The zero-order valence-electron chi connectivity index (χ0n) is 8.43. The first-order chi connectivity index (χ1) is 7.68. The summed E-state index contributed by atoms with van der Waals surface area (Å²) in [5, 5.41) is 12.7. The van der Waals surface area contributed by atoms with Crippen molar-refractivity contribution in [2.24, 2.45) is 0 Å². The number of carboxylic acid groups (broad SMARTS) is 1. The second-order valence-electron chi connectivity index (χ2n) is 3.41. The fourth-order valence-corrected chi connectivity index (χ4v) is 3.94. The molecule has 1 unspecified atom stereocenters. The van der Waals surface area contributed by atoms with Crippen molar-refractivity contribution < 1.29 is 14.7 Å². The number of nitrogens with one attached hydrogen (secondary N) is 1. The van der Waals surface area contributed by atoms with Gasteiger partial charge in [-0.2, -0.15) is 0 Å². The molecule has 1 aromatic rings. The Morgan fingerprint density at radius 1 is 1.56 bits per heavy atom. The van der Waals surface area contributed by atoms with Gasteiger partial charge < -0.3 is 10.4 Å². The molecule has 0 fully saturated rings. The molecule has 2 N–H and O–H groups in total. The highest BCUT2D eigenvalue weighted by Gasteiger charge is 2.27. The Balaban J connectivity index is 2.06. The van der Waals surface area contributed by atoms with E-state index in [9.17, 15) is 9.59 Å². The number of thiophene rings is 1. The summed E-state index contributed by atoms with van der Waals surface area (Å²) in [6.45, 7) is -0.310. The molecular formula is C10H11NO3S2. The van der Waals surface area contributed by atoms with Crippen LogP contribution in [0.3, 0.4) is 0 Å². The normalized spacial score (nSPS) is 18.9. The maximum absolute atomic E-state index is 11.8. The van der Waals surface area contributed by atoms with Gasteiger partial charge >= 0.3 is 5.97 Å². The topological polar surface area (TPSA) is 66.4 Å². The van der Waals surface area contributed by atoms with Gasteiger partial charge in [0.15, 0.2) is 0 Å². The van der Waals surface area contributed by atoms with Crippen molar-refractivity contribution in [1.82, 2.24) is 5.32 Å². The van der Waals surface area contributed by atoms with Crippen LogP contribution in [0, 0.1) is 0 Å². The smallest absolute Gasteiger partial charge is 0.322 e. The molecule has 0 aliphatic carbocycles. The Morgan fingerprint density at radius 2 is 2.38 bits per heavy atom. The molecule has 16 heavy (non-hydrogen) atoms. The van der Waals surface area contributed by atoms with Crippen molar-refractivity contribution in [2.45, 2.75) is 11.7 Å². The second kappa shape index (κ2) is 4.88. The van der Waals surface area contributed by atoms with Crippen molar-refractivity contribution in [1.29, 1.82) is 0 Å². The molecule has 2 heterocycles. The van der Waals surface area contributed by atoms with E-state index in [-0.39, 0.29) is 17.7 Å². The lowest BCUT2D eigenvalue weighted by molar-refractivity contribution is -0.137. The molecule has 1 amide bonds. The third-order valence-electron chi connectivity index (χ3n) is 2.33. The summed E-state index contributed by atoms with van der Waals surface area (Å²) in [5.41, 5.74) is 1.05. The van der Waals surface area contributed by atoms with E-state index in [0.717, 1.165) is 17.7 Å². The SMILES string of the molecule is O=C(O)CNC(=O)C1SCCc2sccc21. The number of hydrogen-bond donors (Lipinski definition) is 2. The number of carbonyl (C=O) groups excluding carboxylic acids is 1. The van der Waals surface area contributed by atoms with Crippen molar-refractivity contribution in [2.75, 3.05) is 12.3 Å². The van der Waals surface area contributed by atoms with E-state index in [1.165, 1.54) is 4.88 Å². The molecule has 2 rings (SSSR count). The summed E-state index contributed by atoms with van der Waals surface area (Å²) >= 11 is 3.23. The Hall–Kier alpha value is -1.01. The highest BCUT2D eigenvalue weighted by molar-refractivity contribution is 8.00. The van der Waals surface area contributed by atoms with Gasteiger partial charge in [-0.1, -0.05) is 0 Å². The standard InChI is InChI=1S/C10H11NO3S2/c12-8(13)5-11-10(14)9-6-1-3-15-7(6)2-4-16-9/h1,3,9H,2,4-5H2,(H,11,14)(H,12,13). The minimum Gasteiger partial charge on any atom is -0.480 e. The highest BCUT2D eigenvalue weighted by atomic mass is 32.2. The fraction of sp³-hybridized carbons (Fsp3) is 0.400. The quantitative estimate of drug-likeness (QED) is 0.856. The van der Waals surface area contributed by atoms with Gasteiger partial charge in [0.1, 0.15) is 11.8 Å². The van der Waals surface area contributed by atoms with E-state index in [1.807, 2.05) is 11.4 Å². The molecular weight excluding hydrogens is 246 g/mol. The number of carboxylic acids is 1. The third kappa shape index (κ3) is 2.38. The highest BCUT2D eigenvalue weighted by Crippen LogP contribution is 2.39. The summed E-state index contributed by atoms with van der Waals surface area (Å²) in [7, 11) is 0. The van der Waals surface area contributed by atoms with Crippen LogP contribution in [-0.4, -0.2) is 29.3 Å². The molecule has 0 radical (unpaired) electrons. The number of aryl methyl sites for hydroxylation is 1. The Labute approximate surface area is 101 Å². The van der Waals surface area contributed by atoms with Gasteiger partial charge in [-0.25, -0.2) is 0 Å². The Bertz CT molecular complexity index is 416. The molecule has 1 aliphatic heterocycles. The van der Waals surface area contributed by atoms with Crippen LogP contribution in [0.2, 0.25) is 0 Å². The number of thioether (sulfide) groups is 1. The number of carbonyl (C=O) groups is 2. The van der Waals surface area contributed by atoms with Gasteiger partial charge in [-0.15, -0.1) is 23.1 Å². The molecule has 4 nitrogen and oxygen atoms in total. The molecule has 0 saturated carbocycles. The zero-order chi connectivity index (χ0) is 11.5. The van der Waals surface area contributed by atoms with Gasteiger partial charge in [0, 0.05) is 4.88 Å². The molecule has 1 aliphatic rings. The maximum atomic E-state index is 11.8. The van der Waals surface area contributed by atoms with E-state index in [2.05, 4.69) is 5.32 Å². The summed E-state index contributed by atoms with van der Waals surface area (Å²) in [5.74, 6) is -0.301. The molecule has 86 valence electrons. The van der Waals surface area contributed by atoms with Crippen LogP contribution < -0.4 is 5.32 Å². The van der Waals surface area contributed by atoms with Crippen LogP contribution in [0.25, 0.3) is 0 Å². The minimum absolute atomic E-state index is 0.202. The third-order valence-corrected chi connectivity index (χ3v) is 4.57. The number of fused-ring (bicyclic) bond motifs is 1. The predicted molar refractivity (Wildman–Crippen MR) is 63.9 cm³/mol. The van der Waals surface area contributed by atoms with Crippen molar-refractivity contribution >= 4 is 35.0 Å². The molecule has 0 bridgehead atoms. The first-order valence-electron chi connectivity index (χ1n) is 4.86. The first-order valence-corrected chi connectivity index (χ1v) is 6.78. The lowest BCUT2D eigenvalue weighted by Crippen LogP contribution is -2.33. The first kappa shape index (κ1) is 11.5. The van der Waals surface area contributed by atoms with Gasteiger partial charge in [0.2, 0.25) is 5.91 Å². The summed E-state index contributed by atoms with van der Waals surface area (Å²) < 4.78 is 0. The monoisotopic (exact) mass is 257 g/mol. The van der Waals surface area contributed by atoms with Crippen molar-refractivity contribution in [3.8, 4) is 0 Å². The van der Waals surface area contributed by atoms with Crippen molar-refractivity contribution in [3.63, 3.8) is 0 Å². The van der Waals surface area contributed by atoms with Gasteiger partial charge in [-0.3, -0.25) is 9.59 Å². The zero-order valence-corrected chi connectivity index (χ0v) is 10.1. The van der Waals surface area contributed by atoms with E-state index >= 15 is 0 Å². The van der Waals surface area contributed by atoms with Crippen LogP contribution in [0.4, 0.5) is 0 Å². The van der Waals surface area contributed by atoms with Crippen LogP contribution in [0.5, 0.6) is 0 Å². The van der Waals surface area contributed by atoms with Crippen molar-refractivity contribution in [3.05, 3.63) is 21.9 Å². The Morgan fingerprint density at radius 3 is 3.12 bits per heavy atom. The summed E-state index contributed by atoms with van der Waals surface area (Å²) in [6.07, 6.45) is 1.00. The minimum atomic E-state index is -1.01. The largest absolute Gasteiger partial charge is 0.480 e. The Kier molecular flexibility index (Phi) is 3.50. The van der Waals surface area contributed by atoms with Crippen LogP contribution >= 0.6 is 23.1 Å². The number of amides is 1. The van der Waals surface area contributed by atoms with Gasteiger partial charge in [0.05, 0.1) is 0 Å². The second-order valence-corrected chi connectivity index (χ2v) is 5.63. The fourth-order valence-electron chi connectivity index (χ4n) is 1.62. The number of aliphatic carboxylic acids is 1. The van der Waals surface area contributed by atoms with Crippen LogP contribution in [0.15, 0.2) is 11.4 Å². The summed E-state index contributed by atoms with van der Waals surface area (Å²) in [4.78, 5) is 23.4. The molecule has 0 aromatic carbocycles. The lowest BCUT2D eigenvalue weighted by atomic mass is 10.1. The summed E-state index contributed by atoms with van der Waals surface area (Å²) in [6, 6.07) is 1.96. The molecule has 0 spiro atoms. The van der Waals surface area contributed by atoms with Crippen LogP contribution in [-0.2, 0) is 16.0 Å². The van der Waals surface area contributed by atoms with E-state index in [1.54, 1.807) is 23.1 Å². The average Bonchev–Trinajstić information content (AvgIpc) is 2.73. The van der Waals surface area contributed by atoms with E-state index in [0.29, 0.717) is 0 Å². The molecule has 1 aromatic heterocycles. The molecule has 0 saturated heterocycles. The molecule has 1 atom stereocenters.